The fourth-order valence-electron chi connectivity index (χ4n) is 1.79. The monoisotopic (exact) mass is 288 g/mol. The molecule has 0 radical (unpaired) electrons. The number of methoxy groups -OCH3 is 1. The quantitative estimate of drug-likeness (QED) is 0.859. The normalized spacial score (nSPS) is 10.0. The van der Waals surface area contributed by atoms with Crippen LogP contribution in [0.4, 0.5) is 10.1 Å². The number of hydrogen-bond donors (Lipinski definition) is 2. The maximum absolute atomic E-state index is 13.4. The highest BCUT2D eigenvalue weighted by molar-refractivity contribution is 5.80. The second kappa shape index (κ2) is 7.28. The molecular weight excluding hydrogens is 271 g/mol. The molecule has 0 fully saturated rings. The van der Waals surface area contributed by atoms with Gasteiger partial charge in [0.2, 0.25) is 5.91 Å². The molecule has 4 nitrogen and oxygen atoms in total. The fourth-order valence-corrected chi connectivity index (χ4v) is 1.79. The van der Waals surface area contributed by atoms with E-state index in [1.807, 2.05) is 12.1 Å². The number of rotatable bonds is 6. The Morgan fingerprint density at radius 3 is 2.52 bits per heavy atom. The van der Waals surface area contributed by atoms with Gasteiger partial charge in [-0.2, -0.15) is 0 Å². The maximum Gasteiger partial charge on any atom is 0.239 e. The van der Waals surface area contributed by atoms with Gasteiger partial charge in [0, 0.05) is 17.8 Å². The molecule has 2 aromatic carbocycles. The van der Waals surface area contributed by atoms with Crippen molar-refractivity contribution >= 4 is 11.6 Å². The number of carbonyl (C=O) groups is 1. The molecule has 0 heterocycles. The molecule has 0 bridgehead atoms. The minimum atomic E-state index is -0.319. The Bertz CT molecular complexity index is 599. The number of carbonyl (C=O) groups excluding carboxylic acids is 1. The zero-order chi connectivity index (χ0) is 15.1. The van der Waals surface area contributed by atoms with Crippen molar-refractivity contribution in [3.05, 3.63) is 59.9 Å². The Hall–Kier alpha value is -2.56. The SMILES string of the molecule is COc1ccc(NCC(=O)NCc2ccccc2F)cc1. The second-order valence-corrected chi connectivity index (χ2v) is 4.45. The predicted molar refractivity (Wildman–Crippen MR) is 79.7 cm³/mol. The van der Waals surface area contributed by atoms with Gasteiger partial charge in [-0.15, -0.1) is 0 Å². The van der Waals surface area contributed by atoms with E-state index in [-0.39, 0.29) is 24.8 Å². The second-order valence-electron chi connectivity index (χ2n) is 4.45. The third-order valence-electron chi connectivity index (χ3n) is 2.98. The van der Waals surface area contributed by atoms with Gasteiger partial charge in [-0.1, -0.05) is 18.2 Å². The molecule has 0 aromatic heterocycles. The zero-order valence-electron chi connectivity index (χ0n) is 11.7. The summed E-state index contributed by atoms with van der Waals surface area (Å²) in [6, 6.07) is 13.6. The van der Waals surface area contributed by atoms with Crippen LogP contribution in [0, 0.1) is 5.82 Å². The van der Waals surface area contributed by atoms with Gasteiger partial charge in [-0.05, 0) is 30.3 Å². The summed E-state index contributed by atoms with van der Waals surface area (Å²) in [6.45, 7) is 0.302. The molecule has 2 rings (SSSR count). The topological polar surface area (TPSA) is 50.4 Å². The molecule has 5 heteroatoms. The molecule has 0 aliphatic rings. The van der Waals surface area contributed by atoms with Crippen molar-refractivity contribution < 1.29 is 13.9 Å². The molecule has 0 aliphatic heterocycles. The van der Waals surface area contributed by atoms with Gasteiger partial charge in [-0.3, -0.25) is 4.79 Å². The zero-order valence-corrected chi connectivity index (χ0v) is 11.7. The Balaban J connectivity index is 1.78. The first-order valence-corrected chi connectivity index (χ1v) is 6.57. The summed E-state index contributed by atoms with van der Waals surface area (Å²) in [6.07, 6.45) is 0. The largest absolute Gasteiger partial charge is 0.497 e. The van der Waals surface area contributed by atoms with Gasteiger partial charge in [0.1, 0.15) is 11.6 Å². The van der Waals surface area contributed by atoms with Crippen LogP contribution in [0.3, 0.4) is 0 Å². The van der Waals surface area contributed by atoms with E-state index in [1.54, 1.807) is 37.4 Å². The van der Waals surface area contributed by atoms with Gasteiger partial charge < -0.3 is 15.4 Å². The molecule has 2 aromatic rings. The summed E-state index contributed by atoms with van der Waals surface area (Å²) >= 11 is 0. The lowest BCUT2D eigenvalue weighted by atomic mass is 10.2. The Labute approximate surface area is 122 Å². The highest BCUT2D eigenvalue weighted by Gasteiger charge is 2.04. The highest BCUT2D eigenvalue weighted by atomic mass is 19.1. The van der Waals surface area contributed by atoms with E-state index in [1.165, 1.54) is 6.07 Å². The maximum atomic E-state index is 13.4. The fraction of sp³-hybridized carbons (Fsp3) is 0.188. The molecular formula is C16H17FN2O2. The van der Waals surface area contributed by atoms with E-state index in [2.05, 4.69) is 10.6 Å². The minimum absolute atomic E-state index is 0.126. The van der Waals surface area contributed by atoms with Gasteiger partial charge in [-0.25, -0.2) is 4.39 Å². The van der Waals surface area contributed by atoms with Crippen LogP contribution in [0.15, 0.2) is 48.5 Å². The highest BCUT2D eigenvalue weighted by Crippen LogP contribution is 2.14. The predicted octanol–water partition coefficient (Wildman–Crippen LogP) is 2.56. The van der Waals surface area contributed by atoms with Crippen LogP contribution < -0.4 is 15.4 Å². The molecule has 2 N–H and O–H groups in total. The Kier molecular flexibility index (Phi) is 5.15. The lowest BCUT2D eigenvalue weighted by Crippen LogP contribution is -2.29. The molecule has 21 heavy (non-hydrogen) atoms. The third-order valence-corrected chi connectivity index (χ3v) is 2.98. The lowest BCUT2D eigenvalue weighted by Gasteiger charge is -2.09. The van der Waals surface area contributed by atoms with E-state index in [4.69, 9.17) is 4.74 Å². The average Bonchev–Trinajstić information content (AvgIpc) is 2.52. The van der Waals surface area contributed by atoms with Crippen molar-refractivity contribution in [2.75, 3.05) is 19.0 Å². The van der Waals surface area contributed by atoms with Crippen LogP contribution >= 0.6 is 0 Å². The van der Waals surface area contributed by atoms with Crippen LogP contribution in [0.5, 0.6) is 5.75 Å². The van der Waals surface area contributed by atoms with Gasteiger partial charge >= 0.3 is 0 Å². The first kappa shape index (κ1) is 14.8. The summed E-state index contributed by atoms with van der Waals surface area (Å²) in [7, 11) is 1.60. The summed E-state index contributed by atoms with van der Waals surface area (Å²) in [5, 5.41) is 5.65. The molecule has 0 unspecified atom stereocenters. The van der Waals surface area contributed by atoms with Crippen molar-refractivity contribution in [2.45, 2.75) is 6.54 Å². The Morgan fingerprint density at radius 2 is 1.86 bits per heavy atom. The van der Waals surface area contributed by atoms with Crippen molar-refractivity contribution in [3.63, 3.8) is 0 Å². The minimum Gasteiger partial charge on any atom is -0.497 e. The molecule has 0 saturated carbocycles. The molecule has 1 amide bonds. The molecule has 0 spiro atoms. The number of halogens is 1. The van der Waals surface area contributed by atoms with Crippen LogP contribution in [0.25, 0.3) is 0 Å². The van der Waals surface area contributed by atoms with Gasteiger partial charge in [0.25, 0.3) is 0 Å². The first-order valence-electron chi connectivity index (χ1n) is 6.57. The van der Waals surface area contributed by atoms with Crippen molar-refractivity contribution in [1.82, 2.24) is 5.32 Å². The smallest absolute Gasteiger partial charge is 0.239 e. The summed E-state index contributed by atoms with van der Waals surface area (Å²) in [5.41, 5.74) is 1.28. The number of benzene rings is 2. The summed E-state index contributed by atoms with van der Waals surface area (Å²) < 4.78 is 18.4. The molecule has 0 atom stereocenters. The van der Waals surface area contributed by atoms with Crippen molar-refractivity contribution in [3.8, 4) is 5.75 Å². The molecule has 110 valence electrons. The standard InChI is InChI=1S/C16H17FN2O2/c1-21-14-8-6-13(7-9-14)18-11-16(20)19-10-12-4-2-3-5-15(12)17/h2-9,18H,10-11H2,1H3,(H,19,20). The van der Waals surface area contributed by atoms with Crippen LogP contribution in [-0.2, 0) is 11.3 Å². The number of hydrogen-bond acceptors (Lipinski definition) is 3. The Morgan fingerprint density at radius 1 is 1.14 bits per heavy atom. The van der Waals surface area contributed by atoms with E-state index in [0.717, 1.165) is 11.4 Å². The third kappa shape index (κ3) is 4.49. The summed E-state index contributed by atoms with van der Waals surface area (Å²) in [4.78, 5) is 11.7. The number of nitrogens with one attached hydrogen (secondary N) is 2. The van der Waals surface area contributed by atoms with E-state index in [9.17, 15) is 9.18 Å². The first-order chi connectivity index (χ1) is 10.2. The van der Waals surface area contributed by atoms with E-state index >= 15 is 0 Å². The average molecular weight is 288 g/mol. The molecule has 0 aliphatic carbocycles. The number of ether oxygens (including phenoxy) is 1. The van der Waals surface area contributed by atoms with Crippen molar-refractivity contribution in [1.29, 1.82) is 0 Å². The van der Waals surface area contributed by atoms with Crippen LogP contribution in [0.2, 0.25) is 0 Å². The van der Waals surface area contributed by atoms with Crippen LogP contribution in [0.1, 0.15) is 5.56 Å². The lowest BCUT2D eigenvalue weighted by molar-refractivity contribution is -0.119. The van der Waals surface area contributed by atoms with E-state index < -0.39 is 0 Å². The van der Waals surface area contributed by atoms with Gasteiger partial charge in [0.05, 0.1) is 13.7 Å². The number of anilines is 1. The summed E-state index contributed by atoms with van der Waals surface area (Å²) in [5.74, 6) is 0.236. The van der Waals surface area contributed by atoms with Crippen molar-refractivity contribution in [2.24, 2.45) is 0 Å². The van der Waals surface area contributed by atoms with Gasteiger partial charge in [0.15, 0.2) is 0 Å². The van der Waals surface area contributed by atoms with E-state index in [0.29, 0.717) is 5.56 Å². The number of amides is 1. The van der Waals surface area contributed by atoms with Crippen LogP contribution in [-0.4, -0.2) is 19.6 Å². The molecule has 0 saturated heterocycles.